The number of ether oxygens (including phenoxy) is 2. The van der Waals surface area contributed by atoms with Gasteiger partial charge in [0.15, 0.2) is 5.69 Å². The summed E-state index contributed by atoms with van der Waals surface area (Å²) >= 11 is 0. The van der Waals surface area contributed by atoms with Gasteiger partial charge in [-0.3, -0.25) is 10.4 Å². The molecule has 2 unspecified atom stereocenters. The Labute approximate surface area is 216 Å². The van der Waals surface area contributed by atoms with Crippen LogP contribution in [0.5, 0.6) is 5.75 Å². The van der Waals surface area contributed by atoms with Crippen molar-refractivity contribution < 1.29 is 37.7 Å². The molecule has 0 spiro atoms. The maximum Gasteiger partial charge on any atom is 0.573 e. The van der Waals surface area contributed by atoms with Crippen molar-refractivity contribution in [2.75, 3.05) is 11.5 Å². The number of aromatic carboxylic acids is 1. The van der Waals surface area contributed by atoms with Gasteiger partial charge < -0.3 is 24.6 Å². The molecule has 9 nitrogen and oxygen atoms in total. The third kappa shape index (κ3) is 5.59. The van der Waals surface area contributed by atoms with E-state index in [-0.39, 0.29) is 59.0 Å². The lowest BCUT2D eigenvalue weighted by Gasteiger charge is -2.39. The van der Waals surface area contributed by atoms with Gasteiger partial charge in [0.05, 0.1) is 30.8 Å². The molecule has 1 aliphatic carbocycles. The fraction of sp³-hybridized carbons (Fsp3) is 0.462. The van der Waals surface area contributed by atoms with Crippen molar-refractivity contribution in [1.82, 2.24) is 9.97 Å². The van der Waals surface area contributed by atoms with Crippen LogP contribution in [0.2, 0.25) is 0 Å². The van der Waals surface area contributed by atoms with Gasteiger partial charge in [-0.05, 0) is 50.7 Å². The van der Waals surface area contributed by atoms with Gasteiger partial charge >= 0.3 is 12.3 Å². The Balaban J connectivity index is 1.31. The molecule has 2 saturated heterocycles. The summed E-state index contributed by atoms with van der Waals surface area (Å²) in [5, 5.41) is 28.8. The number of aliphatic hydroxyl groups is 1. The molecule has 5 rings (SSSR count). The topological polar surface area (TPSA) is 129 Å². The Morgan fingerprint density at radius 1 is 1.08 bits per heavy atom. The molecule has 3 N–H and O–H groups in total. The quantitative estimate of drug-likeness (QED) is 0.308. The zero-order chi connectivity index (χ0) is 27.0. The lowest BCUT2D eigenvalue weighted by Crippen LogP contribution is -2.46. The van der Waals surface area contributed by atoms with E-state index in [2.05, 4.69) is 19.6 Å². The lowest BCUT2D eigenvalue weighted by atomic mass is 9.98. The molecule has 3 atom stereocenters. The number of aliphatic hydroxyl groups excluding tert-OH is 1. The van der Waals surface area contributed by atoms with Gasteiger partial charge in [0.25, 0.3) is 0 Å². The van der Waals surface area contributed by atoms with E-state index in [4.69, 9.17) is 10.1 Å². The molecule has 12 heteroatoms. The van der Waals surface area contributed by atoms with Crippen LogP contribution in [0.25, 0.3) is 0 Å². The normalized spacial score (nSPS) is 23.7. The molecule has 2 aromatic rings. The highest BCUT2D eigenvalue weighted by Crippen LogP contribution is 2.41. The Morgan fingerprint density at radius 3 is 2.39 bits per heavy atom. The Hall–Kier alpha value is -3.67. The van der Waals surface area contributed by atoms with E-state index in [1.807, 2.05) is 0 Å². The second-order valence-corrected chi connectivity index (χ2v) is 9.82. The number of rotatable bonds is 9. The van der Waals surface area contributed by atoms with Crippen LogP contribution in [0.4, 0.5) is 19.0 Å². The molecule has 1 saturated carbocycles. The fourth-order valence-corrected chi connectivity index (χ4v) is 5.35. The second-order valence-electron chi connectivity index (χ2n) is 9.82. The number of carboxylic acid groups (broad SMARTS) is 1. The largest absolute Gasteiger partial charge is 0.573 e. The van der Waals surface area contributed by atoms with Gasteiger partial charge in [-0.25, -0.2) is 9.78 Å². The number of aromatic nitrogens is 2. The number of carboxylic acids is 1. The van der Waals surface area contributed by atoms with Crippen LogP contribution in [0.15, 0.2) is 48.0 Å². The number of anilines is 1. The molecule has 0 amide bonds. The molecule has 1 aromatic carbocycles. The first-order valence-corrected chi connectivity index (χ1v) is 12.4. The number of halogens is 3. The van der Waals surface area contributed by atoms with Gasteiger partial charge in [0, 0.05) is 29.1 Å². The van der Waals surface area contributed by atoms with E-state index >= 15 is 0 Å². The molecule has 3 fully saturated rings. The molecule has 38 heavy (non-hydrogen) atoms. The Kier molecular flexibility index (Phi) is 6.99. The number of carbonyl (C=O) groups is 1. The highest BCUT2D eigenvalue weighted by atomic mass is 19.4. The number of nitrogens with zero attached hydrogens (tertiary/aromatic N) is 3. The van der Waals surface area contributed by atoms with E-state index < -0.39 is 18.1 Å². The number of benzene rings is 1. The SMILES string of the molecule is N=C(/C(COC1CC2CC[C@@H](C1)N2c1cncc(C(=O)O)n1)=C(\O)C1CC1)c1ccccc1OC(F)(F)F. The van der Waals surface area contributed by atoms with Crippen molar-refractivity contribution in [2.24, 2.45) is 5.92 Å². The molecule has 0 radical (unpaired) electrons. The molecule has 2 bridgehead atoms. The van der Waals surface area contributed by atoms with E-state index in [0.717, 1.165) is 31.7 Å². The zero-order valence-corrected chi connectivity index (χ0v) is 20.3. The average molecular weight is 533 g/mol. The predicted octanol–water partition coefficient (Wildman–Crippen LogP) is 4.88. The highest BCUT2D eigenvalue weighted by Gasteiger charge is 2.42. The van der Waals surface area contributed by atoms with Crippen molar-refractivity contribution in [3.05, 3.63) is 59.2 Å². The fourth-order valence-electron chi connectivity index (χ4n) is 5.35. The summed E-state index contributed by atoms with van der Waals surface area (Å²) in [7, 11) is 0. The third-order valence-electron chi connectivity index (χ3n) is 7.22. The maximum absolute atomic E-state index is 12.9. The predicted molar refractivity (Wildman–Crippen MR) is 130 cm³/mol. The summed E-state index contributed by atoms with van der Waals surface area (Å²) in [5.41, 5.74) is -0.322. The van der Waals surface area contributed by atoms with Crippen LogP contribution >= 0.6 is 0 Å². The number of fused-ring (bicyclic) bond motifs is 2. The first-order valence-electron chi connectivity index (χ1n) is 12.4. The molecule has 202 valence electrons. The van der Waals surface area contributed by atoms with Gasteiger partial charge in [0.1, 0.15) is 17.3 Å². The summed E-state index contributed by atoms with van der Waals surface area (Å²) in [6.45, 7) is -0.125. The van der Waals surface area contributed by atoms with Crippen molar-refractivity contribution in [1.29, 1.82) is 5.41 Å². The van der Waals surface area contributed by atoms with Gasteiger partial charge in [-0.2, -0.15) is 0 Å². The zero-order valence-electron chi connectivity index (χ0n) is 20.3. The van der Waals surface area contributed by atoms with Gasteiger partial charge in [0.2, 0.25) is 0 Å². The number of hydrogen-bond donors (Lipinski definition) is 3. The first kappa shape index (κ1) is 26.0. The highest BCUT2D eigenvalue weighted by molar-refractivity contribution is 6.12. The first-order chi connectivity index (χ1) is 18.1. The number of para-hydroxylation sites is 1. The number of nitrogens with one attached hydrogen (secondary N) is 1. The monoisotopic (exact) mass is 532 g/mol. The van der Waals surface area contributed by atoms with Crippen molar-refractivity contribution in [3.63, 3.8) is 0 Å². The average Bonchev–Trinajstić information content (AvgIpc) is 3.68. The summed E-state index contributed by atoms with van der Waals surface area (Å²) in [5.74, 6) is -1.32. The van der Waals surface area contributed by atoms with E-state index in [9.17, 15) is 28.2 Å². The van der Waals surface area contributed by atoms with Crippen molar-refractivity contribution in [3.8, 4) is 5.75 Å². The van der Waals surface area contributed by atoms with E-state index in [1.165, 1.54) is 24.4 Å². The van der Waals surface area contributed by atoms with Crippen LogP contribution in [0.1, 0.15) is 54.6 Å². The lowest BCUT2D eigenvalue weighted by molar-refractivity contribution is -0.274. The summed E-state index contributed by atoms with van der Waals surface area (Å²) < 4.78 is 49.2. The molecular formula is C26H27F3N4O5. The molecular weight excluding hydrogens is 505 g/mol. The number of piperidine rings is 1. The van der Waals surface area contributed by atoms with E-state index in [1.54, 1.807) is 6.20 Å². The number of allylic oxidation sites excluding steroid dienone is 1. The second kappa shape index (κ2) is 10.2. The molecule has 1 aromatic heterocycles. The molecule has 3 aliphatic rings. The van der Waals surface area contributed by atoms with Crippen LogP contribution in [0.3, 0.4) is 0 Å². The van der Waals surface area contributed by atoms with Crippen molar-refractivity contribution >= 4 is 17.5 Å². The smallest absolute Gasteiger partial charge is 0.512 e. The van der Waals surface area contributed by atoms with Gasteiger partial charge in [-0.15, -0.1) is 13.2 Å². The molecule has 3 heterocycles. The van der Waals surface area contributed by atoms with Crippen LogP contribution in [-0.2, 0) is 4.74 Å². The maximum atomic E-state index is 12.9. The van der Waals surface area contributed by atoms with Crippen LogP contribution in [-0.4, -0.2) is 63.0 Å². The van der Waals surface area contributed by atoms with E-state index in [0.29, 0.717) is 18.7 Å². The minimum Gasteiger partial charge on any atom is -0.512 e. The van der Waals surface area contributed by atoms with Crippen LogP contribution < -0.4 is 9.64 Å². The summed E-state index contributed by atoms with van der Waals surface area (Å²) in [6, 6.07) is 5.51. The standard InChI is InChI=1S/C26H27F3N4O5/c27-26(28,29)38-21-4-2-1-3-18(21)23(30)19(24(34)14-5-6-14)13-37-17-9-15-7-8-16(10-17)33(15)22-12-31-11-20(32-22)25(35)36/h1-4,11-12,14-17,30,34H,5-10,13H2,(H,35,36)/b24-19-,30-23?/t15-,16?,17?/m0/s1. The molecule has 2 aliphatic heterocycles. The number of alkyl halides is 3. The van der Waals surface area contributed by atoms with Gasteiger partial charge in [-0.1, -0.05) is 12.1 Å². The Bertz CT molecular complexity index is 1250. The van der Waals surface area contributed by atoms with Crippen LogP contribution in [0, 0.1) is 11.3 Å². The minimum absolute atomic E-state index is 0.0296. The summed E-state index contributed by atoms with van der Waals surface area (Å²) in [4.78, 5) is 21.7. The summed E-state index contributed by atoms with van der Waals surface area (Å²) in [6.07, 6.45) is 2.08. The third-order valence-corrected chi connectivity index (χ3v) is 7.22. The van der Waals surface area contributed by atoms with Crippen molar-refractivity contribution in [2.45, 2.75) is 63.1 Å². The Morgan fingerprint density at radius 2 is 1.76 bits per heavy atom. The minimum atomic E-state index is -4.92. The number of hydrogen-bond acceptors (Lipinski definition) is 8.